The molecule has 3 heteroatoms. The Hall–Kier alpha value is -0.830. The molecule has 1 aliphatic rings. The molecule has 0 unspecified atom stereocenters. The molecule has 0 bridgehead atoms. The van der Waals surface area contributed by atoms with Gasteiger partial charge in [-0.15, -0.1) is 0 Å². The van der Waals surface area contributed by atoms with Gasteiger partial charge in [-0.1, -0.05) is 0 Å². The molecule has 0 radical (unpaired) electrons. The summed E-state index contributed by atoms with van der Waals surface area (Å²) >= 11 is 0. The molecule has 0 spiro atoms. The van der Waals surface area contributed by atoms with Crippen molar-refractivity contribution in [3.63, 3.8) is 0 Å². The third-order valence-electron chi connectivity index (χ3n) is 2.16. The smallest absolute Gasteiger partial charge is 0.333 e. The van der Waals surface area contributed by atoms with Gasteiger partial charge in [0.2, 0.25) is 0 Å². The predicted molar refractivity (Wildman–Crippen MR) is 49.4 cm³/mol. The molecular formula is C10H16O3. The average molecular weight is 184 g/mol. The van der Waals surface area contributed by atoms with E-state index in [-0.39, 0.29) is 5.97 Å². The van der Waals surface area contributed by atoms with Crippen LogP contribution >= 0.6 is 0 Å². The summed E-state index contributed by atoms with van der Waals surface area (Å²) in [7, 11) is 0. The highest BCUT2D eigenvalue weighted by atomic mass is 16.5. The van der Waals surface area contributed by atoms with Gasteiger partial charge in [0.05, 0.1) is 13.2 Å². The molecule has 0 atom stereocenters. The number of carbonyl (C=O) groups is 1. The van der Waals surface area contributed by atoms with Crippen molar-refractivity contribution < 1.29 is 14.3 Å². The summed E-state index contributed by atoms with van der Waals surface area (Å²) in [6.07, 6.45) is 1.97. The van der Waals surface area contributed by atoms with Crippen molar-refractivity contribution in [2.45, 2.75) is 26.7 Å². The van der Waals surface area contributed by atoms with Crippen molar-refractivity contribution in [3.8, 4) is 0 Å². The standard InChI is InChI=1S/C10H16O3/c1-3-13-10(11)8(2)9-5-4-6-12-7-9/h3-7H2,1-2H3. The highest BCUT2D eigenvalue weighted by Gasteiger charge is 2.14. The summed E-state index contributed by atoms with van der Waals surface area (Å²) in [5.41, 5.74) is 1.81. The number of hydrogen-bond donors (Lipinski definition) is 0. The van der Waals surface area contributed by atoms with E-state index < -0.39 is 0 Å². The van der Waals surface area contributed by atoms with Gasteiger partial charge in [0, 0.05) is 12.2 Å². The van der Waals surface area contributed by atoms with Crippen molar-refractivity contribution >= 4 is 5.97 Å². The zero-order valence-electron chi connectivity index (χ0n) is 8.26. The van der Waals surface area contributed by atoms with Crippen LogP contribution in [0.3, 0.4) is 0 Å². The van der Waals surface area contributed by atoms with Crippen LogP contribution in [-0.4, -0.2) is 25.8 Å². The van der Waals surface area contributed by atoms with Crippen molar-refractivity contribution in [2.75, 3.05) is 19.8 Å². The largest absolute Gasteiger partial charge is 0.463 e. The highest BCUT2D eigenvalue weighted by Crippen LogP contribution is 2.17. The fraction of sp³-hybridized carbons (Fsp3) is 0.700. The average Bonchev–Trinajstić information content (AvgIpc) is 2.18. The van der Waals surface area contributed by atoms with Crippen molar-refractivity contribution in [1.82, 2.24) is 0 Å². The zero-order valence-corrected chi connectivity index (χ0v) is 8.26. The fourth-order valence-corrected chi connectivity index (χ4v) is 1.33. The van der Waals surface area contributed by atoms with Gasteiger partial charge in [0.25, 0.3) is 0 Å². The molecule has 1 rings (SSSR count). The van der Waals surface area contributed by atoms with Gasteiger partial charge in [-0.05, 0) is 32.3 Å². The molecular weight excluding hydrogens is 168 g/mol. The van der Waals surface area contributed by atoms with E-state index in [1.807, 2.05) is 13.8 Å². The molecule has 0 amide bonds. The van der Waals surface area contributed by atoms with Gasteiger partial charge in [-0.3, -0.25) is 0 Å². The Kier molecular flexibility index (Phi) is 3.96. The van der Waals surface area contributed by atoms with Crippen molar-refractivity contribution in [2.24, 2.45) is 0 Å². The lowest BCUT2D eigenvalue weighted by atomic mass is 10.0. The van der Waals surface area contributed by atoms with E-state index in [9.17, 15) is 4.79 Å². The van der Waals surface area contributed by atoms with E-state index in [0.29, 0.717) is 13.2 Å². The summed E-state index contributed by atoms with van der Waals surface area (Å²) in [6.45, 7) is 5.45. The maximum atomic E-state index is 11.3. The van der Waals surface area contributed by atoms with Crippen LogP contribution in [0.1, 0.15) is 26.7 Å². The first-order valence-electron chi connectivity index (χ1n) is 4.69. The molecule has 1 heterocycles. The third-order valence-corrected chi connectivity index (χ3v) is 2.16. The van der Waals surface area contributed by atoms with E-state index in [1.54, 1.807) is 0 Å². The van der Waals surface area contributed by atoms with E-state index >= 15 is 0 Å². The lowest BCUT2D eigenvalue weighted by Gasteiger charge is -2.16. The second-order valence-electron chi connectivity index (χ2n) is 3.11. The topological polar surface area (TPSA) is 35.5 Å². The van der Waals surface area contributed by atoms with Crippen molar-refractivity contribution in [1.29, 1.82) is 0 Å². The summed E-state index contributed by atoms with van der Waals surface area (Å²) in [5, 5.41) is 0. The number of carbonyl (C=O) groups excluding carboxylic acids is 1. The quantitative estimate of drug-likeness (QED) is 0.484. The summed E-state index contributed by atoms with van der Waals surface area (Å²) in [5.74, 6) is -0.206. The molecule has 74 valence electrons. The molecule has 1 saturated heterocycles. The Morgan fingerprint density at radius 3 is 2.92 bits per heavy atom. The third kappa shape index (κ3) is 2.84. The van der Waals surface area contributed by atoms with E-state index in [0.717, 1.165) is 30.6 Å². The molecule has 0 aliphatic carbocycles. The second kappa shape index (κ2) is 5.02. The first-order chi connectivity index (χ1) is 6.25. The molecule has 0 aromatic rings. The van der Waals surface area contributed by atoms with Gasteiger partial charge in [-0.2, -0.15) is 0 Å². The molecule has 3 nitrogen and oxygen atoms in total. The van der Waals surface area contributed by atoms with Gasteiger partial charge in [0.1, 0.15) is 0 Å². The summed E-state index contributed by atoms with van der Waals surface area (Å²) in [6, 6.07) is 0. The normalized spacial score (nSPS) is 21.1. The number of ether oxygens (including phenoxy) is 2. The van der Waals surface area contributed by atoms with Crippen LogP contribution in [0.25, 0.3) is 0 Å². The van der Waals surface area contributed by atoms with Crippen LogP contribution in [0, 0.1) is 0 Å². The van der Waals surface area contributed by atoms with Gasteiger partial charge < -0.3 is 9.47 Å². The molecule has 0 saturated carbocycles. The Bertz CT molecular complexity index is 210. The first-order valence-corrected chi connectivity index (χ1v) is 4.69. The minimum atomic E-state index is -0.206. The van der Waals surface area contributed by atoms with Crippen LogP contribution in [0.15, 0.2) is 11.1 Å². The molecule has 0 aromatic heterocycles. The monoisotopic (exact) mass is 184 g/mol. The number of esters is 1. The number of rotatable bonds is 2. The lowest BCUT2D eigenvalue weighted by Crippen LogP contribution is -2.14. The molecule has 0 N–H and O–H groups in total. The molecule has 13 heavy (non-hydrogen) atoms. The Morgan fingerprint density at radius 2 is 2.38 bits per heavy atom. The fourth-order valence-electron chi connectivity index (χ4n) is 1.33. The highest BCUT2D eigenvalue weighted by molar-refractivity contribution is 5.88. The van der Waals surface area contributed by atoms with Crippen molar-refractivity contribution in [3.05, 3.63) is 11.1 Å². The SMILES string of the molecule is CCOC(=O)C(C)=C1CCCOC1. The summed E-state index contributed by atoms with van der Waals surface area (Å²) < 4.78 is 10.2. The van der Waals surface area contributed by atoms with Crippen LogP contribution in [0.5, 0.6) is 0 Å². The van der Waals surface area contributed by atoms with Crippen LogP contribution in [-0.2, 0) is 14.3 Å². The maximum absolute atomic E-state index is 11.3. The van der Waals surface area contributed by atoms with E-state index in [1.165, 1.54) is 0 Å². The van der Waals surface area contributed by atoms with E-state index in [2.05, 4.69) is 0 Å². The lowest BCUT2D eigenvalue weighted by molar-refractivity contribution is -0.138. The van der Waals surface area contributed by atoms with Crippen LogP contribution in [0.4, 0.5) is 0 Å². The predicted octanol–water partition coefficient (Wildman–Crippen LogP) is 1.68. The van der Waals surface area contributed by atoms with Gasteiger partial charge >= 0.3 is 5.97 Å². The molecule has 1 aliphatic heterocycles. The Balaban J connectivity index is 2.60. The Labute approximate surface area is 78.7 Å². The maximum Gasteiger partial charge on any atom is 0.333 e. The Morgan fingerprint density at radius 1 is 1.62 bits per heavy atom. The zero-order chi connectivity index (χ0) is 9.68. The molecule has 1 fully saturated rings. The van der Waals surface area contributed by atoms with Crippen LogP contribution in [0.2, 0.25) is 0 Å². The summed E-state index contributed by atoms with van der Waals surface area (Å²) in [4.78, 5) is 11.3. The van der Waals surface area contributed by atoms with Gasteiger partial charge in [-0.25, -0.2) is 4.79 Å². The van der Waals surface area contributed by atoms with Crippen LogP contribution < -0.4 is 0 Å². The minimum absolute atomic E-state index is 0.206. The van der Waals surface area contributed by atoms with Gasteiger partial charge in [0.15, 0.2) is 0 Å². The molecule has 0 aromatic carbocycles. The first kappa shape index (κ1) is 10.3. The minimum Gasteiger partial charge on any atom is -0.463 e. The van der Waals surface area contributed by atoms with E-state index in [4.69, 9.17) is 9.47 Å². The second-order valence-corrected chi connectivity index (χ2v) is 3.11. The number of hydrogen-bond acceptors (Lipinski definition) is 3.